The lowest BCUT2D eigenvalue weighted by Gasteiger charge is -2.29. The summed E-state index contributed by atoms with van der Waals surface area (Å²) in [6, 6.07) is 17.1. The number of hydrogen-bond donors (Lipinski definition) is 4. The lowest BCUT2D eigenvalue weighted by Crippen LogP contribution is -2.47. The molecule has 5 N–H and O–H groups in total. The van der Waals surface area contributed by atoms with Crippen molar-refractivity contribution in [3.8, 4) is 0 Å². The normalized spacial score (nSPS) is 18.5. The molecule has 1 saturated carbocycles. The SMILES string of the molecule is CCCOC(=O)[C@H](Cc1ccccc1)NP(=O)(CO[C@H]1CO[C@@H](n2cnc3c(NC4CC4)nc(N)nc32)C1)N[C@@H](Cc1ccccc1)C(=O)OCCC. The average Bonchev–Trinajstić information content (AvgIpc) is 3.67. The minimum absolute atomic E-state index is 0.122. The average molecular weight is 749 g/mol. The van der Waals surface area contributed by atoms with Gasteiger partial charge in [0.2, 0.25) is 13.4 Å². The summed E-state index contributed by atoms with van der Waals surface area (Å²) in [6.07, 6.45) is 4.45. The molecule has 2 fully saturated rings. The Morgan fingerprint density at radius 2 is 1.51 bits per heavy atom. The number of benzene rings is 2. The van der Waals surface area contributed by atoms with Crippen LogP contribution in [0.15, 0.2) is 67.0 Å². The van der Waals surface area contributed by atoms with Crippen LogP contribution in [0, 0.1) is 0 Å². The molecule has 1 aliphatic carbocycles. The molecule has 4 atom stereocenters. The van der Waals surface area contributed by atoms with Crippen LogP contribution < -0.4 is 21.2 Å². The second-order valence-corrected chi connectivity index (χ2v) is 15.7. The highest BCUT2D eigenvalue weighted by Crippen LogP contribution is 2.41. The van der Waals surface area contributed by atoms with E-state index in [4.69, 9.17) is 24.7 Å². The van der Waals surface area contributed by atoms with Gasteiger partial charge in [0.1, 0.15) is 24.7 Å². The first-order valence-corrected chi connectivity index (χ1v) is 20.2. The Labute approximate surface area is 309 Å². The van der Waals surface area contributed by atoms with Gasteiger partial charge in [0, 0.05) is 12.5 Å². The van der Waals surface area contributed by atoms with Crippen LogP contribution in [0.1, 0.15) is 63.3 Å². The summed E-state index contributed by atoms with van der Waals surface area (Å²) in [5.41, 5.74) is 8.87. The summed E-state index contributed by atoms with van der Waals surface area (Å²) in [5, 5.41) is 9.52. The van der Waals surface area contributed by atoms with Crippen LogP contribution in [-0.4, -0.2) is 81.9 Å². The molecule has 15 nitrogen and oxygen atoms in total. The van der Waals surface area contributed by atoms with Crippen molar-refractivity contribution < 1.29 is 33.1 Å². The van der Waals surface area contributed by atoms with Crippen molar-refractivity contribution in [2.75, 3.05) is 37.2 Å². The number of nitrogens with one attached hydrogen (secondary N) is 3. The Balaban J connectivity index is 1.23. The monoisotopic (exact) mass is 748 g/mol. The van der Waals surface area contributed by atoms with E-state index in [9.17, 15) is 9.59 Å². The van der Waals surface area contributed by atoms with Crippen molar-refractivity contribution in [3.05, 3.63) is 78.1 Å². The zero-order chi connectivity index (χ0) is 37.2. The number of anilines is 2. The second-order valence-electron chi connectivity index (χ2n) is 13.4. The first-order valence-electron chi connectivity index (χ1n) is 18.3. The predicted octanol–water partition coefficient (Wildman–Crippen LogP) is 4.75. The van der Waals surface area contributed by atoms with Gasteiger partial charge in [-0.3, -0.25) is 18.7 Å². The van der Waals surface area contributed by atoms with Crippen LogP contribution >= 0.6 is 7.44 Å². The van der Waals surface area contributed by atoms with Crippen molar-refractivity contribution in [2.24, 2.45) is 0 Å². The molecular formula is C37H49N8O7P. The summed E-state index contributed by atoms with van der Waals surface area (Å²) in [7, 11) is -3.91. The van der Waals surface area contributed by atoms with Gasteiger partial charge in [-0.1, -0.05) is 74.5 Å². The van der Waals surface area contributed by atoms with Crippen LogP contribution in [0.4, 0.5) is 11.8 Å². The number of aromatic nitrogens is 4. The summed E-state index contributed by atoms with van der Waals surface area (Å²) in [4.78, 5) is 40.3. The highest BCUT2D eigenvalue weighted by molar-refractivity contribution is 7.59. The first kappa shape index (κ1) is 38.3. The molecule has 2 aromatic carbocycles. The molecule has 1 aliphatic heterocycles. The first-order chi connectivity index (χ1) is 25.7. The highest BCUT2D eigenvalue weighted by atomic mass is 31.2. The maximum Gasteiger partial charge on any atom is 0.323 e. The zero-order valence-corrected chi connectivity index (χ0v) is 31.1. The molecule has 0 spiro atoms. The molecule has 4 aromatic rings. The lowest BCUT2D eigenvalue weighted by atomic mass is 10.1. The third-order valence-electron chi connectivity index (χ3n) is 8.86. The molecule has 0 amide bonds. The van der Waals surface area contributed by atoms with Crippen LogP contribution in [0.2, 0.25) is 0 Å². The number of ether oxygens (including phenoxy) is 4. The molecule has 1 saturated heterocycles. The number of nitrogen functional groups attached to an aromatic ring is 1. The number of nitrogens with zero attached hydrogens (tertiary/aromatic N) is 4. The van der Waals surface area contributed by atoms with Gasteiger partial charge in [-0.15, -0.1) is 0 Å². The number of carbonyl (C=O) groups excluding carboxylic acids is 2. The van der Waals surface area contributed by atoms with E-state index in [1.54, 1.807) is 10.9 Å². The van der Waals surface area contributed by atoms with Gasteiger partial charge in [0.05, 0.1) is 32.3 Å². The summed E-state index contributed by atoms with van der Waals surface area (Å²) >= 11 is 0. The fraction of sp³-hybridized carbons (Fsp3) is 0.486. The van der Waals surface area contributed by atoms with E-state index in [1.807, 2.05) is 74.5 Å². The highest BCUT2D eigenvalue weighted by Gasteiger charge is 2.38. The Bertz CT molecular complexity index is 1790. The molecule has 6 rings (SSSR count). The van der Waals surface area contributed by atoms with Gasteiger partial charge in [0.15, 0.2) is 17.0 Å². The standard InChI is InChI=1S/C37H49N8O7P/c1-3-17-49-35(46)29(19-25-11-7-5-8-12-25)43-53(48,44-30(36(47)50-18-4-2)20-26-13-9-6-10-14-26)24-52-28-21-31(51-22-28)45-23-39-32-33(40-27-15-16-27)41-37(38)42-34(32)45/h5-14,23,27-31H,3-4,15-22,24H2,1-2H3,(H2,43,44,48)(H3,38,40,41,42)/t28-,29+,30+,31-/m1/s1. The third kappa shape index (κ3) is 10.6. The largest absolute Gasteiger partial charge is 0.465 e. The van der Waals surface area contributed by atoms with E-state index in [2.05, 4.69) is 30.4 Å². The summed E-state index contributed by atoms with van der Waals surface area (Å²) in [6.45, 7) is 4.41. The van der Waals surface area contributed by atoms with E-state index >= 15 is 4.57 Å². The van der Waals surface area contributed by atoms with E-state index in [0.717, 1.165) is 24.0 Å². The van der Waals surface area contributed by atoms with Crippen molar-refractivity contribution in [2.45, 2.75) is 89.3 Å². The number of imidazole rings is 1. The van der Waals surface area contributed by atoms with E-state index in [0.29, 0.717) is 42.3 Å². The number of carbonyl (C=O) groups is 2. The number of nitrogens with two attached hydrogens (primary N) is 1. The summed E-state index contributed by atoms with van der Waals surface area (Å²) < 4.78 is 40.5. The molecule has 0 unspecified atom stereocenters. The molecule has 2 aromatic heterocycles. The van der Waals surface area contributed by atoms with E-state index in [-0.39, 0.29) is 45.0 Å². The fourth-order valence-electron chi connectivity index (χ4n) is 6.05. The van der Waals surface area contributed by atoms with Gasteiger partial charge in [-0.05, 0) is 49.7 Å². The molecule has 0 bridgehead atoms. The van der Waals surface area contributed by atoms with Crippen LogP contribution in [0.5, 0.6) is 0 Å². The molecule has 16 heteroatoms. The van der Waals surface area contributed by atoms with Crippen LogP contribution in [0.25, 0.3) is 11.2 Å². The van der Waals surface area contributed by atoms with E-state index < -0.39 is 43.8 Å². The molecule has 53 heavy (non-hydrogen) atoms. The summed E-state index contributed by atoms with van der Waals surface area (Å²) in [5.74, 6) is -0.406. The maximum absolute atomic E-state index is 15.1. The lowest BCUT2D eigenvalue weighted by molar-refractivity contribution is -0.146. The van der Waals surface area contributed by atoms with Gasteiger partial charge in [0.25, 0.3) is 0 Å². The maximum atomic E-state index is 15.1. The van der Waals surface area contributed by atoms with Gasteiger partial charge >= 0.3 is 11.9 Å². The molecule has 0 radical (unpaired) electrons. The van der Waals surface area contributed by atoms with Crippen LogP contribution in [-0.2, 0) is 45.9 Å². The Kier molecular flexibility index (Phi) is 13.1. The molecule has 2 aliphatic rings. The fourth-order valence-corrected chi connectivity index (χ4v) is 8.09. The molecule has 284 valence electrons. The van der Waals surface area contributed by atoms with Crippen molar-refractivity contribution in [1.82, 2.24) is 29.7 Å². The van der Waals surface area contributed by atoms with Crippen molar-refractivity contribution in [1.29, 1.82) is 0 Å². The Morgan fingerprint density at radius 1 is 0.925 bits per heavy atom. The minimum Gasteiger partial charge on any atom is -0.465 e. The third-order valence-corrected chi connectivity index (χ3v) is 10.8. The van der Waals surface area contributed by atoms with E-state index in [1.165, 1.54) is 0 Å². The number of esters is 2. The van der Waals surface area contributed by atoms with Gasteiger partial charge < -0.3 is 30.0 Å². The smallest absolute Gasteiger partial charge is 0.323 e. The van der Waals surface area contributed by atoms with Gasteiger partial charge in [-0.2, -0.15) is 9.97 Å². The molecule has 3 heterocycles. The number of hydrogen-bond acceptors (Lipinski definition) is 12. The molecular weight excluding hydrogens is 699 g/mol. The number of rotatable bonds is 20. The van der Waals surface area contributed by atoms with Crippen molar-refractivity contribution in [3.63, 3.8) is 0 Å². The Morgan fingerprint density at radius 3 is 2.06 bits per heavy atom. The van der Waals surface area contributed by atoms with Gasteiger partial charge in [-0.25, -0.2) is 15.2 Å². The quantitative estimate of drug-likeness (QED) is 0.0715. The minimum atomic E-state index is -3.91. The topological polar surface area (TPSA) is 194 Å². The zero-order valence-electron chi connectivity index (χ0n) is 30.2. The van der Waals surface area contributed by atoms with Crippen molar-refractivity contribution >= 4 is 42.3 Å². The predicted molar refractivity (Wildman–Crippen MR) is 200 cm³/mol. The second kappa shape index (κ2) is 18.1. The van der Waals surface area contributed by atoms with Crippen LogP contribution in [0.3, 0.4) is 0 Å². The number of fused-ring (bicyclic) bond motifs is 1. The Hall–Kier alpha value is -4.40.